The number of aromatic hydroxyl groups is 2. The van der Waals surface area contributed by atoms with Crippen LogP contribution in [0.3, 0.4) is 0 Å². The summed E-state index contributed by atoms with van der Waals surface area (Å²) in [5.74, 6) is 0.622. The van der Waals surface area contributed by atoms with Gasteiger partial charge in [0, 0.05) is 74.4 Å². The van der Waals surface area contributed by atoms with E-state index in [9.17, 15) is 10.2 Å². The van der Waals surface area contributed by atoms with Crippen LogP contribution in [0.15, 0.2) is 48.5 Å². The second kappa shape index (κ2) is 12.8. The van der Waals surface area contributed by atoms with Gasteiger partial charge >= 0.3 is 0 Å². The van der Waals surface area contributed by atoms with Crippen LogP contribution in [0.5, 0.6) is 11.5 Å². The first-order valence-electron chi connectivity index (χ1n) is 13.3. The van der Waals surface area contributed by atoms with Gasteiger partial charge in [-0.25, -0.2) is 0 Å². The van der Waals surface area contributed by atoms with Gasteiger partial charge in [-0.3, -0.25) is 0 Å². The molecule has 3 aromatic rings. The zero-order valence-corrected chi connectivity index (χ0v) is 27.2. The Morgan fingerprint density at radius 2 is 1.26 bits per heavy atom. The molecule has 0 aromatic heterocycles. The number of ether oxygens (including phenoxy) is 1. The number of phenolic OH excluding ortho intramolecular Hbond substituents is 2. The average molecular weight is 595 g/mol. The van der Waals surface area contributed by atoms with Crippen molar-refractivity contribution in [2.75, 3.05) is 25.2 Å². The molecule has 0 unspecified atom stereocenters. The summed E-state index contributed by atoms with van der Waals surface area (Å²) >= 11 is 0. The summed E-state index contributed by atoms with van der Waals surface area (Å²) in [4.78, 5) is 2.21. The van der Waals surface area contributed by atoms with Gasteiger partial charge in [-0.2, -0.15) is 0 Å². The van der Waals surface area contributed by atoms with Crippen LogP contribution in [0.2, 0.25) is 0 Å². The Hall–Kier alpha value is -2.10. The zero-order chi connectivity index (χ0) is 27.5. The second-order valence-corrected chi connectivity index (χ2v) is 12.3. The minimum absolute atomic E-state index is 0. The van der Waals surface area contributed by atoms with Crippen molar-refractivity contribution < 1.29 is 41.2 Å². The minimum Gasteiger partial charge on any atom is -0.507 e. The molecule has 0 spiro atoms. The van der Waals surface area contributed by atoms with Gasteiger partial charge in [-0.1, -0.05) is 71.9 Å². The molecule has 0 fully saturated rings. The summed E-state index contributed by atoms with van der Waals surface area (Å²) in [6.45, 7) is 18.3. The van der Waals surface area contributed by atoms with Crippen LogP contribution in [0.1, 0.15) is 76.6 Å². The fraction of sp³-hybridized carbons (Fsp3) is 0.455. The number of aryl methyl sites for hydroxylation is 2. The van der Waals surface area contributed by atoms with E-state index in [0.717, 1.165) is 57.6 Å². The van der Waals surface area contributed by atoms with Crippen molar-refractivity contribution >= 4 is 11.4 Å². The summed E-state index contributed by atoms with van der Waals surface area (Å²) in [6, 6.07) is 16.5. The molecule has 3 rings (SSSR count). The van der Waals surface area contributed by atoms with Crippen LogP contribution in [-0.2, 0) is 41.8 Å². The molecule has 0 saturated carbocycles. The Morgan fingerprint density at radius 3 is 1.84 bits per heavy atom. The number of anilines is 2. The number of methoxy groups -OCH3 is 1. The second-order valence-electron chi connectivity index (χ2n) is 12.3. The smallest absolute Gasteiger partial charge is 0.142 e. The molecule has 38 heavy (non-hydrogen) atoms. The topological polar surface area (TPSA) is 52.9 Å². The third-order valence-corrected chi connectivity index (χ3v) is 6.86. The molecular formula is C33H45NO3Zr. The van der Waals surface area contributed by atoms with E-state index in [1.807, 2.05) is 12.1 Å². The number of hydrogen-bond acceptors (Lipinski definition) is 4. The van der Waals surface area contributed by atoms with E-state index in [4.69, 9.17) is 4.74 Å². The predicted molar refractivity (Wildman–Crippen MR) is 157 cm³/mol. The summed E-state index contributed by atoms with van der Waals surface area (Å²) in [6.07, 6.45) is 1.81. The maximum absolute atomic E-state index is 11.6. The summed E-state index contributed by atoms with van der Waals surface area (Å²) in [5, 5.41) is 23.1. The molecule has 2 N–H and O–H groups in total. The van der Waals surface area contributed by atoms with Gasteiger partial charge in [-0.15, -0.1) is 0 Å². The molecule has 0 saturated heterocycles. The molecule has 0 radical (unpaired) electrons. The molecule has 0 heterocycles. The molecule has 4 nitrogen and oxygen atoms in total. The normalized spacial score (nSPS) is 11.8. The van der Waals surface area contributed by atoms with Gasteiger partial charge in [0.25, 0.3) is 0 Å². The van der Waals surface area contributed by atoms with E-state index in [-0.39, 0.29) is 37.0 Å². The van der Waals surface area contributed by atoms with E-state index in [2.05, 4.69) is 96.7 Å². The number of benzene rings is 3. The van der Waals surface area contributed by atoms with Crippen LogP contribution in [0.4, 0.5) is 11.4 Å². The van der Waals surface area contributed by atoms with Gasteiger partial charge in [-0.05, 0) is 66.8 Å². The Balaban J connectivity index is 0.00000507. The maximum atomic E-state index is 11.6. The standard InChI is InChI=1S/C33H45NO3.Zr/c1-22-18-25(30(35)26(19-22)32(3,4)5)24-14-10-11-15-28(24)34(16-12-13-17-37-9)29-21-23(2)20-27(31(29)36)33(6,7)8;/h10-11,14-15,18-21,35-36H,12-13,16-17H2,1-9H3;. The van der Waals surface area contributed by atoms with Crippen LogP contribution in [0.25, 0.3) is 11.1 Å². The van der Waals surface area contributed by atoms with E-state index >= 15 is 0 Å². The SMILES string of the molecule is COCCCCN(c1ccccc1-c1cc(C)cc(C(C)(C)C)c1O)c1cc(C)cc(C(C)(C)C)c1O.[Zr]. The quantitative estimate of drug-likeness (QED) is 0.257. The van der Waals surface area contributed by atoms with E-state index in [1.165, 1.54) is 0 Å². The van der Waals surface area contributed by atoms with Crippen molar-refractivity contribution in [1.29, 1.82) is 0 Å². The molecule has 0 atom stereocenters. The zero-order valence-electron chi connectivity index (χ0n) is 24.7. The molecule has 0 bridgehead atoms. The Morgan fingerprint density at radius 1 is 0.711 bits per heavy atom. The van der Waals surface area contributed by atoms with Gasteiger partial charge in [0.1, 0.15) is 11.5 Å². The summed E-state index contributed by atoms with van der Waals surface area (Å²) in [5.41, 5.74) is 7.16. The molecule has 0 aliphatic heterocycles. The maximum Gasteiger partial charge on any atom is 0.142 e. The van der Waals surface area contributed by atoms with Gasteiger partial charge in [0.05, 0.1) is 5.69 Å². The van der Waals surface area contributed by atoms with E-state index < -0.39 is 0 Å². The fourth-order valence-electron chi connectivity index (χ4n) is 4.92. The first-order valence-corrected chi connectivity index (χ1v) is 13.3. The van der Waals surface area contributed by atoms with Crippen molar-refractivity contribution in [3.63, 3.8) is 0 Å². The number of hydrogen-bond donors (Lipinski definition) is 2. The Bertz CT molecular complexity index is 1240. The van der Waals surface area contributed by atoms with Crippen LogP contribution in [0, 0.1) is 13.8 Å². The Labute approximate surface area is 249 Å². The van der Waals surface area contributed by atoms with Gasteiger partial charge in [0.2, 0.25) is 0 Å². The monoisotopic (exact) mass is 593 g/mol. The van der Waals surface area contributed by atoms with Crippen molar-refractivity contribution in [1.82, 2.24) is 0 Å². The van der Waals surface area contributed by atoms with Crippen LogP contribution in [-0.4, -0.2) is 30.5 Å². The molecule has 3 aromatic carbocycles. The Kier molecular flexibility index (Phi) is 10.8. The first-order chi connectivity index (χ1) is 17.3. The van der Waals surface area contributed by atoms with Crippen LogP contribution >= 0.6 is 0 Å². The van der Waals surface area contributed by atoms with Gasteiger partial charge < -0.3 is 19.8 Å². The number of para-hydroxylation sites is 1. The number of rotatable bonds is 8. The molecule has 0 aliphatic carbocycles. The summed E-state index contributed by atoms with van der Waals surface area (Å²) in [7, 11) is 1.72. The first kappa shape index (κ1) is 32.1. The molecular weight excluding hydrogens is 550 g/mol. The largest absolute Gasteiger partial charge is 0.507 e. The third kappa shape index (κ3) is 7.30. The number of unbranched alkanes of at least 4 members (excludes halogenated alkanes) is 1. The van der Waals surface area contributed by atoms with Gasteiger partial charge in [0.15, 0.2) is 0 Å². The van der Waals surface area contributed by atoms with Crippen LogP contribution < -0.4 is 4.90 Å². The van der Waals surface area contributed by atoms with Crippen molar-refractivity contribution in [2.45, 2.75) is 79.1 Å². The number of nitrogens with zero attached hydrogens (tertiary/aromatic N) is 1. The molecule has 0 amide bonds. The third-order valence-electron chi connectivity index (χ3n) is 6.86. The minimum atomic E-state index is -0.206. The average Bonchev–Trinajstić information content (AvgIpc) is 2.80. The molecule has 204 valence electrons. The van der Waals surface area contributed by atoms with Crippen molar-refractivity contribution in [3.8, 4) is 22.6 Å². The predicted octanol–water partition coefficient (Wildman–Crippen LogP) is 8.54. The van der Waals surface area contributed by atoms with Crippen molar-refractivity contribution in [3.05, 3.63) is 70.8 Å². The molecule has 5 heteroatoms. The summed E-state index contributed by atoms with van der Waals surface area (Å²) < 4.78 is 5.31. The van der Waals surface area contributed by atoms with E-state index in [1.54, 1.807) is 7.11 Å². The van der Waals surface area contributed by atoms with Crippen molar-refractivity contribution in [2.24, 2.45) is 0 Å². The molecule has 0 aliphatic rings. The number of phenols is 2. The van der Waals surface area contributed by atoms with E-state index in [0.29, 0.717) is 24.7 Å². The fourth-order valence-corrected chi connectivity index (χ4v) is 4.92.